The predicted octanol–water partition coefficient (Wildman–Crippen LogP) is 4.96. The fourth-order valence-corrected chi connectivity index (χ4v) is 3.78. The molecular formula is C25H31NO4. The van der Waals surface area contributed by atoms with Gasteiger partial charge in [-0.2, -0.15) is 0 Å². The van der Waals surface area contributed by atoms with Crippen LogP contribution in [0, 0.1) is 0 Å². The largest absolute Gasteiger partial charge is 0.481 e. The van der Waals surface area contributed by atoms with Crippen LogP contribution in [0.4, 0.5) is 0 Å². The number of nitrogens with zero attached hydrogens (tertiary/aromatic N) is 1. The number of carboxylic acids is 1. The van der Waals surface area contributed by atoms with Crippen molar-refractivity contribution in [3.63, 3.8) is 0 Å². The van der Waals surface area contributed by atoms with Crippen molar-refractivity contribution in [2.45, 2.75) is 44.6 Å². The van der Waals surface area contributed by atoms with Crippen LogP contribution in [0.1, 0.15) is 60.6 Å². The van der Waals surface area contributed by atoms with Crippen molar-refractivity contribution in [2.24, 2.45) is 0 Å². The van der Waals surface area contributed by atoms with Gasteiger partial charge in [-0.05, 0) is 36.6 Å². The van der Waals surface area contributed by atoms with E-state index in [1.54, 1.807) is 0 Å². The zero-order valence-electron chi connectivity index (χ0n) is 17.7. The van der Waals surface area contributed by atoms with Crippen LogP contribution in [-0.4, -0.2) is 48.5 Å². The van der Waals surface area contributed by atoms with E-state index in [0.717, 1.165) is 55.6 Å². The molecule has 0 amide bonds. The first kappa shape index (κ1) is 22.2. The Bertz CT molecular complexity index is 829. The maximum Gasteiger partial charge on any atom is 0.303 e. The van der Waals surface area contributed by atoms with Crippen LogP contribution in [0.25, 0.3) is 11.1 Å². The Balaban J connectivity index is 1.50. The van der Waals surface area contributed by atoms with Gasteiger partial charge in [-0.3, -0.25) is 9.59 Å². The fraction of sp³-hybridized carbons (Fsp3) is 0.440. The molecule has 0 radical (unpaired) electrons. The molecule has 0 saturated carbocycles. The number of Topliss-reactive ketones (excluding diaryl/α,β-unsaturated/α-hetero) is 1. The van der Waals surface area contributed by atoms with Crippen molar-refractivity contribution in [1.29, 1.82) is 0 Å². The summed E-state index contributed by atoms with van der Waals surface area (Å²) in [6.07, 6.45) is 4.08. The maximum atomic E-state index is 12.4. The lowest BCUT2D eigenvalue weighted by Gasteiger charge is -2.30. The van der Waals surface area contributed by atoms with Crippen LogP contribution >= 0.6 is 0 Å². The van der Waals surface area contributed by atoms with E-state index >= 15 is 0 Å². The highest BCUT2D eigenvalue weighted by Gasteiger charge is 2.19. The highest BCUT2D eigenvalue weighted by Crippen LogP contribution is 2.26. The molecule has 5 heteroatoms. The minimum Gasteiger partial charge on any atom is -0.481 e. The fourth-order valence-electron chi connectivity index (χ4n) is 3.78. The molecule has 1 unspecified atom stereocenters. The number of aliphatic carboxylic acids is 1. The second-order valence-electron chi connectivity index (χ2n) is 8.05. The Morgan fingerprint density at radius 1 is 0.933 bits per heavy atom. The van der Waals surface area contributed by atoms with E-state index in [-0.39, 0.29) is 18.3 Å². The minimum atomic E-state index is -0.754. The second kappa shape index (κ2) is 11.0. The summed E-state index contributed by atoms with van der Waals surface area (Å²) >= 11 is 0. The highest BCUT2D eigenvalue weighted by molar-refractivity contribution is 5.96. The van der Waals surface area contributed by atoms with E-state index in [1.807, 2.05) is 24.3 Å². The summed E-state index contributed by atoms with van der Waals surface area (Å²) in [6.45, 7) is 2.65. The molecule has 0 bridgehead atoms. The molecule has 30 heavy (non-hydrogen) atoms. The normalized spacial score (nSPS) is 17.0. The van der Waals surface area contributed by atoms with Crippen LogP contribution in [0.5, 0.6) is 0 Å². The number of unbranched alkanes of at least 4 members (excludes halogenated alkanes) is 3. The monoisotopic (exact) mass is 409 g/mol. The average molecular weight is 410 g/mol. The van der Waals surface area contributed by atoms with Gasteiger partial charge >= 0.3 is 5.97 Å². The second-order valence-corrected chi connectivity index (χ2v) is 8.05. The van der Waals surface area contributed by atoms with Crippen LogP contribution < -0.4 is 0 Å². The Hall–Kier alpha value is -2.50. The van der Waals surface area contributed by atoms with E-state index in [9.17, 15) is 9.59 Å². The third-order valence-electron chi connectivity index (χ3n) is 5.64. The number of carbonyl (C=O) groups excluding carboxylic acids is 1. The first-order valence-electron chi connectivity index (χ1n) is 10.8. The predicted molar refractivity (Wildman–Crippen MR) is 118 cm³/mol. The van der Waals surface area contributed by atoms with Crippen molar-refractivity contribution in [3.05, 3.63) is 59.7 Å². The van der Waals surface area contributed by atoms with Gasteiger partial charge in [0.25, 0.3) is 0 Å². The van der Waals surface area contributed by atoms with Crippen LogP contribution in [0.2, 0.25) is 0 Å². The highest BCUT2D eigenvalue weighted by atomic mass is 16.5. The molecule has 160 valence electrons. The number of likely N-dealkylation sites (N-methyl/N-ethyl adjacent to an activating group) is 1. The van der Waals surface area contributed by atoms with E-state index in [1.165, 1.54) is 5.56 Å². The molecule has 1 N–H and O–H groups in total. The van der Waals surface area contributed by atoms with Crippen LogP contribution in [0.3, 0.4) is 0 Å². The molecule has 2 aromatic carbocycles. The first-order chi connectivity index (χ1) is 14.5. The van der Waals surface area contributed by atoms with Gasteiger partial charge in [-0.25, -0.2) is 0 Å². The zero-order valence-corrected chi connectivity index (χ0v) is 17.7. The van der Waals surface area contributed by atoms with E-state index in [2.05, 4.69) is 36.2 Å². The maximum absolute atomic E-state index is 12.4. The molecule has 1 atom stereocenters. The molecule has 5 nitrogen and oxygen atoms in total. The molecule has 0 aliphatic carbocycles. The van der Waals surface area contributed by atoms with Gasteiger partial charge in [0.15, 0.2) is 5.78 Å². The third-order valence-corrected chi connectivity index (χ3v) is 5.64. The molecule has 0 aromatic heterocycles. The van der Waals surface area contributed by atoms with Gasteiger partial charge in [-0.15, -0.1) is 0 Å². The summed E-state index contributed by atoms with van der Waals surface area (Å²) < 4.78 is 5.88. The summed E-state index contributed by atoms with van der Waals surface area (Å²) in [7, 11) is 2.12. The van der Waals surface area contributed by atoms with Gasteiger partial charge in [0, 0.05) is 31.5 Å². The van der Waals surface area contributed by atoms with Crippen molar-refractivity contribution < 1.29 is 19.4 Å². The number of ether oxygens (including phenoxy) is 1. The molecule has 3 rings (SSSR count). The van der Waals surface area contributed by atoms with E-state index in [4.69, 9.17) is 9.84 Å². The lowest BCUT2D eigenvalue weighted by Crippen LogP contribution is -2.35. The number of carbonyl (C=O) groups is 2. The molecule has 0 spiro atoms. The third kappa shape index (κ3) is 6.51. The average Bonchev–Trinajstić information content (AvgIpc) is 2.76. The van der Waals surface area contributed by atoms with Crippen molar-refractivity contribution in [1.82, 2.24) is 4.90 Å². The lowest BCUT2D eigenvalue weighted by molar-refractivity contribution is -0.137. The Morgan fingerprint density at radius 2 is 1.53 bits per heavy atom. The Labute approximate surface area is 178 Å². The van der Waals surface area contributed by atoms with Gasteiger partial charge in [0.1, 0.15) is 0 Å². The smallest absolute Gasteiger partial charge is 0.303 e. The van der Waals surface area contributed by atoms with Gasteiger partial charge in [0.2, 0.25) is 0 Å². The van der Waals surface area contributed by atoms with Gasteiger partial charge in [0.05, 0.1) is 12.7 Å². The topological polar surface area (TPSA) is 66.8 Å². The number of rotatable bonds is 10. The van der Waals surface area contributed by atoms with Gasteiger partial charge in [-0.1, -0.05) is 61.4 Å². The summed E-state index contributed by atoms with van der Waals surface area (Å²) in [4.78, 5) is 25.1. The van der Waals surface area contributed by atoms with Crippen LogP contribution in [-0.2, 0) is 9.53 Å². The molecule has 1 aliphatic rings. The Morgan fingerprint density at radius 3 is 2.13 bits per heavy atom. The minimum absolute atomic E-state index is 0.127. The number of hydrogen-bond acceptors (Lipinski definition) is 4. The Kier molecular flexibility index (Phi) is 8.17. The van der Waals surface area contributed by atoms with E-state index in [0.29, 0.717) is 12.8 Å². The first-order valence-corrected chi connectivity index (χ1v) is 10.8. The summed E-state index contributed by atoms with van der Waals surface area (Å²) in [6, 6.07) is 16.3. The SMILES string of the molecule is CN1CCOC(c2ccc(-c3ccc(C(=O)CCCCCCC(=O)O)cc3)cc2)C1. The number of carboxylic acid groups (broad SMARTS) is 1. The molecule has 1 fully saturated rings. The zero-order chi connectivity index (χ0) is 21.3. The summed E-state index contributed by atoms with van der Waals surface area (Å²) in [5.41, 5.74) is 4.15. The van der Waals surface area contributed by atoms with Crippen molar-refractivity contribution in [3.8, 4) is 11.1 Å². The number of benzene rings is 2. The molecule has 1 heterocycles. The summed E-state index contributed by atoms with van der Waals surface area (Å²) in [5.74, 6) is -0.607. The van der Waals surface area contributed by atoms with Crippen LogP contribution in [0.15, 0.2) is 48.5 Å². The molecule has 1 aliphatic heterocycles. The number of morpholine rings is 1. The summed E-state index contributed by atoms with van der Waals surface area (Å²) in [5, 5.41) is 8.63. The molecular weight excluding hydrogens is 378 g/mol. The standard InChI is InChI=1S/C25H31NO4/c1-26-16-17-30-24(18-26)22-14-10-20(11-15-22)19-8-12-21(13-9-19)23(27)6-4-2-3-5-7-25(28)29/h8-15,24H,2-7,16-18H2,1H3,(H,28,29). The number of ketones is 1. The molecule has 2 aromatic rings. The van der Waals surface area contributed by atoms with Crippen molar-refractivity contribution >= 4 is 11.8 Å². The van der Waals surface area contributed by atoms with Gasteiger partial charge < -0.3 is 14.7 Å². The quantitative estimate of drug-likeness (QED) is 0.443. The lowest BCUT2D eigenvalue weighted by atomic mass is 9.98. The number of hydrogen-bond donors (Lipinski definition) is 1. The van der Waals surface area contributed by atoms with Crippen molar-refractivity contribution in [2.75, 3.05) is 26.7 Å². The van der Waals surface area contributed by atoms with E-state index < -0.39 is 5.97 Å². The molecule has 1 saturated heterocycles.